The molecule has 0 unspecified atom stereocenters. The third kappa shape index (κ3) is 2.79. The highest BCUT2D eigenvalue weighted by molar-refractivity contribution is 6.06. The second kappa shape index (κ2) is 5.74. The highest BCUT2D eigenvalue weighted by Gasteiger charge is 2.17. The zero-order chi connectivity index (χ0) is 14.7. The van der Waals surface area contributed by atoms with Gasteiger partial charge in [-0.25, -0.2) is 4.39 Å². The van der Waals surface area contributed by atoms with Crippen molar-refractivity contribution in [3.63, 3.8) is 0 Å². The first-order valence-corrected chi connectivity index (χ1v) is 6.21. The smallest absolute Gasteiger partial charge is 0.260 e. The van der Waals surface area contributed by atoms with E-state index in [0.717, 1.165) is 5.56 Å². The summed E-state index contributed by atoms with van der Waals surface area (Å²) in [5.41, 5.74) is 1.48. The Balaban J connectivity index is 2.32. The van der Waals surface area contributed by atoms with E-state index >= 15 is 0 Å². The summed E-state index contributed by atoms with van der Waals surface area (Å²) in [5.74, 6) is -0.257. The van der Waals surface area contributed by atoms with Gasteiger partial charge in [-0.2, -0.15) is 0 Å². The summed E-state index contributed by atoms with van der Waals surface area (Å²) >= 11 is 0. The number of carbonyl (C=O) groups is 1. The molecular formula is C16H16FNO2. The first-order chi connectivity index (χ1) is 9.52. The van der Waals surface area contributed by atoms with E-state index in [9.17, 15) is 9.18 Å². The third-order valence-electron chi connectivity index (χ3n) is 3.10. The van der Waals surface area contributed by atoms with Gasteiger partial charge < -0.3 is 9.64 Å². The van der Waals surface area contributed by atoms with Gasteiger partial charge in [-0.1, -0.05) is 12.1 Å². The van der Waals surface area contributed by atoms with Crippen LogP contribution in [0.3, 0.4) is 0 Å². The molecule has 2 aromatic carbocycles. The molecule has 0 aliphatic rings. The maximum atomic E-state index is 13.9. The van der Waals surface area contributed by atoms with E-state index in [2.05, 4.69) is 0 Å². The van der Waals surface area contributed by atoms with Gasteiger partial charge in [0.15, 0.2) is 0 Å². The van der Waals surface area contributed by atoms with Crippen molar-refractivity contribution in [3.05, 3.63) is 59.4 Å². The Morgan fingerprint density at radius 3 is 2.60 bits per heavy atom. The third-order valence-corrected chi connectivity index (χ3v) is 3.10. The molecule has 0 fully saturated rings. The van der Waals surface area contributed by atoms with Crippen LogP contribution in [0.5, 0.6) is 5.75 Å². The van der Waals surface area contributed by atoms with E-state index in [1.54, 1.807) is 51.4 Å². The van der Waals surface area contributed by atoms with E-state index in [1.165, 1.54) is 17.0 Å². The maximum absolute atomic E-state index is 13.9. The Morgan fingerprint density at radius 1 is 1.20 bits per heavy atom. The lowest BCUT2D eigenvalue weighted by Gasteiger charge is -2.18. The van der Waals surface area contributed by atoms with E-state index < -0.39 is 11.7 Å². The van der Waals surface area contributed by atoms with Crippen LogP contribution in [0.2, 0.25) is 0 Å². The molecule has 0 bridgehead atoms. The van der Waals surface area contributed by atoms with Gasteiger partial charge in [0.05, 0.1) is 12.7 Å². The Morgan fingerprint density at radius 2 is 1.95 bits per heavy atom. The summed E-state index contributed by atoms with van der Waals surface area (Å²) in [6, 6.07) is 11.6. The van der Waals surface area contributed by atoms with Crippen molar-refractivity contribution in [1.29, 1.82) is 0 Å². The molecule has 0 N–H and O–H groups in total. The predicted molar refractivity (Wildman–Crippen MR) is 76.9 cm³/mol. The van der Waals surface area contributed by atoms with E-state index in [4.69, 9.17) is 4.74 Å². The molecule has 0 aromatic heterocycles. The van der Waals surface area contributed by atoms with Gasteiger partial charge in [0.2, 0.25) is 0 Å². The Bertz CT molecular complexity index is 640. The Kier molecular flexibility index (Phi) is 4.03. The summed E-state index contributed by atoms with van der Waals surface area (Å²) in [6.07, 6.45) is 0. The molecule has 0 saturated carbocycles. The summed E-state index contributed by atoms with van der Waals surface area (Å²) < 4.78 is 19.0. The molecule has 0 aliphatic carbocycles. The molecule has 104 valence electrons. The highest BCUT2D eigenvalue weighted by atomic mass is 19.1. The number of hydrogen-bond donors (Lipinski definition) is 0. The number of hydrogen-bond acceptors (Lipinski definition) is 2. The lowest BCUT2D eigenvalue weighted by atomic mass is 10.1. The first-order valence-electron chi connectivity index (χ1n) is 6.21. The number of ether oxygens (including phenoxy) is 1. The molecule has 0 spiro atoms. The number of methoxy groups -OCH3 is 1. The zero-order valence-electron chi connectivity index (χ0n) is 11.7. The van der Waals surface area contributed by atoms with E-state index in [1.807, 2.05) is 0 Å². The van der Waals surface area contributed by atoms with Crippen molar-refractivity contribution >= 4 is 11.6 Å². The molecule has 0 aliphatic heterocycles. The second-order valence-corrected chi connectivity index (χ2v) is 4.55. The van der Waals surface area contributed by atoms with Crippen LogP contribution >= 0.6 is 0 Å². The largest absolute Gasteiger partial charge is 0.497 e. The normalized spacial score (nSPS) is 10.2. The van der Waals surface area contributed by atoms with Gasteiger partial charge in [-0.3, -0.25) is 4.79 Å². The number of anilines is 1. The fourth-order valence-electron chi connectivity index (χ4n) is 1.91. The molecule has 1 amide bonds. The molecular weight excluding hydrogens is 257 g/mol. The lowest BCUT2D eigenvalue weighted by molar-refractivity contribution is 0.0989. The van der Waals surface area contributed by atoms with Crippen molar-refractivity contribution in [2.45, 2.75) is 6.92 Å². The average molecular weight is 273 g/mol. The van der Waals surface area contributed by atoms with Gasteiger partial charge in [-0.05, 0) is 36.8 Å². The van der Waals surface area contributed by atoms with Gasteiger partial charge in [0.25, 0.3) is 5.91 Å². The number of rotatable bonds is 3. The molecule has 2 rings (SSSR count). The minimum Gasteiger partial charge on any atom is -0.497 e. The van der Waals surface area contributed by atoms with Crippen LogP contribution < -0.4 is 9.64 Å². The molecule has 0 heterocycles. The molecule has 2 aromatic rings. The van der Waals surface area contributed by atoms with Gasteiger partial charge >= 0.3 is 0 Å². The molecule has 4 heteroatoms. The number of halogens is 1. The SMILES string of the molecule is COc1cccc(N(C)C(=O)c2ccc(C)cc2F)c1. The summed E-state index contributed by atoms with van der Waals surface area (Å²) in [5, 5.41) is 0. The topological polar surface area (TPSA) is 29.5 Å². The average Bonchev–Trinajstić information content (AvgIpc) is 2.46. The first kappa shape index (κ1) is 14.1. The zero-order valence-corrected chi connectivity index (χ0v) is 11.7. The Hall–Kier alpha value is -2.36. The van der Waals surface area contributed by atoms with Crippen molar-refractivity contribution in [1.82, 2.24) is 0 Å². The van der Waals surface area contributed by atoms with Crippen LogP contribution in [-0.2, 0) is 0 Å². The predicted octanol–water partition coefficient (Wildman–Crippen LogP) is 3.42. The Labute approximate surface area is 117 Å². The minimum absolute atomic E-state index is 0.0564. The lowest BCUT2D eigenvalue weighted by Crippen LogP contribution is -2.27. The fourth-order valence-corrected chi connectivity index (χ4v) is 1.91. The highest BCUT2D eigenvalue weighted by Crippen LogP contribution is 2.22. The van der Waals surface area contributed by atoms with Crippen LogP contribution in [0.1, 0.15) is 15.9 Å². The fraction of sp³-hybridized carbons (Fsp3) is 0.188. The number of benzene rings is 2. The summed E-state index contributed by atoms with van der Waals surface area (Å²) in [6.45, 7) is 1.78. The monoisotopic (exact) mass is 273 g/mol. The number of amides is 1. The van der Waals surface area contributed by atoms with Crippen LogP contribution in [0.25, 0.3) is 0 Å². The molecule has 20 heavy (non-hydrogen) atoms. The number of carbonyl (C=O) groups excluding carboxylic acids is 1. The van der Waals surface area contributed by atoms with Crippen LogP contribution in [0.15, 0.2) is 42.5 Å². The standard InChI is InChI=1S/C16H16FNO2/c1-11-7-8-14(15(17)9-11)16(19)18(2)12-5-4-6-13(10-12)20-3/h4-10H,1-3H3. The summed E-state index contributed by atoms with van der Waals surface area (Å²) in [7, 11) is 3.16. The molecule has 3 nitrogen and oxygen atoms in total. The summed E-state index contributed by atoms with van der Waals surface area (Å²) in [4.78, 5) is 13.7. The molecule has 0 atom stereocenters. The van der Waals surface area contributed by atoms with Gasteiger partial charge in [0.1, 0.15) is 11.6 Å². The van der Waals surface area contributed by atoms with Crippen molar-refractivity contribution in [2.75, 3.05) is 19.1 Å². The van der Waals surface area contributed by atoms with Crippen LogP contribution in [0.4, 0.5) is 10.1 Å². The van der Waals surface area contributed by atoms with Crippen molar-refractivity contribution in [2.24, 2.45) is 0 Å². The van der Waals surface area contributed by atoms with E-state index in [0.29, 0.717) is 11.4 Å². The van der Waals surface area contributed by atoms with E-state index in [-0.39, 0.29) is 5.56 Å². The van der Waals surface area contributed by atoms with Crippen molar-refractivity contribution < 1.29 is 13.9 Å². The minimum atomic E-state index is -0.509. The van der Waals surface area contributed by atoms with Crippen LogP contribution in [-0.4, -0.2) is 20.1 Å². The number of nitrogens with zero attached hydrogens (tertiary/aromatic N) is 1. The van der Waals surface area contributed by atoms with Gasteiger partial charge in [-0.15, -0.1) is 0 Å². The maximum Gasteiger partial charge on any atom is 0.260 e. The molecule has 0 radical (unpaired) electrons. The van der Waals surface area contributed by atoms with Crippen molar-refractivity contribution in [3.8, 4) is 5.75 Å². The number of aryl methyl sites for hydroxylation is 1. The van der Waals surface area contributed by atoms with Gasteiger partial charge in [0, 0.05) is 18.8 Å². The van der Waals surface area contributed by atoms with Crippen LogP contribution in [0, 0.1) is 12.7 Å². The quantitative estimate of drug-likeness (QED) is 0.857. The molecule has 0 saturated heterocycles. The second-order valence-electron chi connectivity index (χ2n) is 4.55.